The van der Waals surface area contributed by atoms with Crippen LogP contribution in [0.3, 0.4) is 0 Å². The highest BCUT2D eigenvalue weighted by atomic mass is 19.4. The first kappa shape index (κ1) is 23.2. The standard InChI is InChI=1S/C21H28F3N5O2/c1-14(2)25-18(30)7-8-28-9-11-29(12-10-28)15(3)20-26-19(27-31-20)16-5-4-6-17(13-16)21(22,23)24/h4-6,13-15H,7-12H2,1-3H3,(H,25,30). The topological polar surface area (TPSA) is 74.5 Å². The lowest BCUT2D eigenvalue weighted by molar-refractivity contribution is -0.137. The van der Waals surface area contributed by atoms with E-state index in [-0.39, 0.29) is 29.4 Å². The van der Waals surface area contributed by atoms with Crippen LogP contribution in [-0.2, 0) is 11.0 Å². The first-order chi connectivity index (χ1) is 14.6. The van der Waals surface area contributed by atoms with Crippen molar-refractivity contribution < 1.29 is 22.5 Å². The van der Waals surface area contributed by atoms with Crippen molar-refractivity contribution in [2.24, 2.45) is 0 Å². The van der Waals surface area contributed by atoms with Crippen LogP contribution in [0.25, 0.3) is 11.4 Å². The van der Waals surface area contributed by atoms with Gasteiger partial charge in [-0.2, -0.15) is 18.2 Å². The van der Waals surface area contributed by atoms with Gasteiger partial charge in [0.05, 0.1) is 11.6 Å². The van der Waals surface area contributed by atoms with Crippen LogP contribution in [0.1, 0.15) is 44.7 Å². The number of alkyl halides is 3. The quantitative estimate of drug-likeness (QED) is 0.713. The average molecular weight is 439 g/mol. The lowest BCUT2D eigenvalue weighted by Gasteiger charge is -2.36. The molecule has 1 amide bonds. The second-order valence-electron chi connectivity index (χ2n) is 8.06. The number of rotatable bonds is 7. The van der Waals surface area contributed by atoms with E-state index in [1.165, 1.54) is 12.1 Å². The van der Waals surface area contributed by atoms with Crippen molar-refractivity contribution in [2.45, 2.75) is 45.5 Å². The molecule has 0 aliphatic carbocycles. The van der Waals surface area contributed by atoms with Gasteiger partial charge < -0.3 is 14.7 Å². The van der Waals surface area contributed by atoms with Gasteiger partial charge >= 0.3 is 6.18 Å². The van der Waals surface area contributed by atoms with E-state index in [1.807, 2.05) is 20.8 Å². The molecule has 7 nitrogen and oxygen atoms in total. The summed E-state index contributed by atoms with van der Waals surface area (Å²) in [4.78, 5) is 20.6. The molecule has 1 aromatic heterocycles. The Bertz CT molecular complexity index is 876. The Morgan fingerprint density at radius 3 is 2.55 bits per heavy atom. The average Bonchev–Trinajstić information content (AvgIpc) is 3.21. The molecule has 1 aliphatic heterocycles. The number of hydrogen-bond donors (Lipinski definition) is 1. The predicted molar refractivity (Wildman–Crippen MR) is 109 cm³/mol. The summed E-state index contributed by atoms with van der Waals surface area (Å²) in [5.41, 5.74) is -0.482. The molecule has 1 saturated heterocycles. The Balaban J connectivity index is 1.55. The minimum absolute atomic E-state index is 0.0544. The molecule has 0 bridgehead atoms. The van der Waals surface area contributed by atoms with Crippen molar-refractivity contribution >= 4 is 5.91 Å². The summed E-state index contributed by atoms with van der Waals surface area (Å²) in [5.74, 6) is 0.568. The smallest absolute Gasteiger partial charge is 0.354 e. The predicted octanol–water partition coefficient (Wildman–Crippen LogP) is 3.35. The van der Waals surface area contributed by atoms with Gasteiger partial charge in [0.1, 0.15) is 0 Å². The van der Waals surface area contributed by atoms with Gasteiger partial charge in [-0.15, -0.1) is 0 Å². The molecule has 1 aromatic carbocycles. The first-order valence-electron chi connectivity index (χ1n) is 10.4. The zero-order valence-electron chi connectivity index (χ0n) is 17.9. The van der Waals surface area contributed by atoms with Crippen molar-refractivity contribution in [3.63, 3.8) is 0 Å². The largest absolute Gasteiger partial charge is 0.416 e. The van der Waals surface area contributed by atoms with Crippen LogP contribution in [0.5, 0.6) is 0 Å². The number of nitrogens with zero attached hydrogens (tertiary/aromatic N) is 4. The normalized spacial score (nSPS) is 17.1. The fraction of sp³-hybridized carbons (Fsp3) is 0.571. The van der Waals surface area contributed by atoms with Gasteiger partial charge in [-0.25, -0.2) is 0 Å². The summed E-state index contributed by atoms with van der Waals surface area (Å²) in [6.45, 7) is 9.70. The lowest BCUT2D eigenvalue weighted by Crippen LogP contribution is -2.48. The molecular weight excluding hydrogens is 411 g/mol. The lowest BCUT2D eigenvalue weighted by atomic mass is 10.1. The maximum atomic E-state index is 12.9. The molecule has 31 heavy (non-hydrogen) atoms. The second kappa shape index (κ2) is 9.78. The molecule has 1 N–H and O–H groups in total. The molecule has 0 saturated carbocycles. The van der Waals surface area contributed by atoms with Crippen molar-refractivity contribution in [1.29, 1.82) is 0 Å². The summed E-state index contributed by atoms with van der Waals surface area (Å²) >= 11 is 0. The van der Waals surface area contributed by atoms with Gasteiger partial charge in [0.2, 0.25) is 17.6 Å². The molecule has 170 valence electrons. The number of carbonyl (C=O) groups is 1. The SMILES string of the molecule is CC(C)NC(=O)CCN1CCN(C(C)c2nc(-c3cccc(C(F)(F)F)c3)no2)CC1. The minimum Gasteiger partial charge on any atom is -0.354 e. The molecule has 1 atom stereocenters. The molecule has 0 radical (unpaired) electrons. The first-order valence-corrected chi connectivity index (χ1v) is 10.4. The molecule has 2 aromatic rings. The van der Waals surface area contributed by atoms with Crippen molar-refractivity contribution in [1.82, 2.24) is 25.3 Å². The van der Waals surface area contributed by atoms with Crippen LogP contribution >= 0.6 is 0 Å². The fourth-order valence-corrected chi connectivity index (χ4v) is 3.54. The Kier molecular flexibility index (Phi) is 7.32. The molecule has 0 spiro atoms. The summed E-state index contributed by atoms with van der Waals surface area (Å²) in [6, 6.07) is 4.88. The van der Waals surface area contributed by atoms with Gasteiger partial charge in [-0.1, -0.05) is 17.3 Å². The Morgan fingerprint density at radius 2 is 1.90 bits per heavy atom. The van der Waals surface area contributed by atoms with Gasteiger partial charge in [-0.05, 0) is 32.9 Å². The molecule has 1 aliphatic rings. The Hall–Kier alpha value is -2.46. The fourth-order valence-electron chi connectivity index (χ4n) is 3.54. The van der Waals surface area contributed by atoms with Crippen LogP contribution < -0.4 is 5.32 Å². The Labute approximate surface area is 179 Å². The van der Waals surface area contributed by atoms with Crippen LogP contribution in [0.15, 0.2) is 28.8 Å². The number of piperazine rings is 1. The zero-order chi connectivity index (χ0) is 22.6. The number of amides is 1. The van der Waals surface area contributed by atoms with Gasteiger partial charge in [0.15, 0.2) is 0 Å². The van der Waals surface area contributed by atoms with Gasteiger partial charge in [0, 0.05) is 50.7 Å². The zero-order valence-corrected chi connectivity index (χ0v) is 17.9. The van der Waals surface area contributed by atoms with E-state index >= 15 is 0 Å². The van der Waals surface area contributed by atoms with E-state index < -0.39 is 11.7 Å². The van der Waals surface area contributed by atoms with E-state index in [2.05, 4.69) is 25.3 Å². The van der Waals surface area contributed by atoms with Crippen LogP contribution in [0.4, 0.5) is 13.2 Å². The van der Waals surface area contributed by atoms with Crippen molar-refractivity contribution in [3.8, 4) is 11.4 Å². The number of nitrogens with one attached hydrogen (secondary N) is 1. The highest BCUT2D eigenvalue weighted by Crippen LogP contribution is 2.32. The highest BCUT2D eigenvalue weighted by molar-refractivity contribution is 5.76. The van der Waals surface area contributed by atoms with Crippen molar-refractivity contribution in [3.05, 3.63) is 35.7 Å². The third-order valence-corrected chi connectivity index (χ3v) is 5.31. The summed E-state index contributed by atoms with van der Waals surface area (Å²) in [5, 5.41) is 6.77. The Morgan fingerprint density at radius 1 is 1.19 bits per heavy atom. The summed E-state index contributed by atoms with van der Waals surface area (Å²) in [6.07, 6.45) is -3.96. The van der Waals surface area contributed by atoms with E-state index in [0.717, 1.165) is 38.3 Å². The van der Waals surface area contributed by atoms with Crippen LogP contribution in [0.2, 0.25) is 0 Å². The number of halogens is 3. The number of carbonyl (C=O) groups excluding carboxylic acids is 1. The van der Waals surface area contributed by atoms with Crippen LogP contribution in [-0.4, -0.2) is 64.6 Å². The monoisotopic (exact) mass is 439 g/mol. The number of aromatic nitrogens is 2. The maximum Gasteiger partial charge on any atom is 0.416 e. The van der Waals surface area contributed by atoms with Gasteiger partial charge in [0.25, 0.3) is 0 Å². The minimum atomic E-state index is -4.43. The van der Waals surface area contributed by atoms with E-state index in [0.29, 0.717) is 18.9 Å². The highest BCUT2D eigenvalue weighted by Gasteiger charge is 2.31. The van der Waals surface area contributed by atoms with E-state index in [4.69, 9.17) is 4.52 Å². The van der Waals surface area contributed by atoms with Gasteiger partial charge in [-0.3, -0.25) is 9.69 Å². The summed E-state index contributed by atoms with van der Waals surface area (Å²) in [7, 11) is 0. The molecule has 2 heterocycles. The molecule has 10 heteroatoms. The molecule has 1 unspecified atom stereocenters. The maximum absolute atomic E-state index is 12.9. The molecular formula is C21H28F3N5O2. The van der Waals surface area contributed by atoms with Crippen molar-refractivity contribution in [2.75, 3.05) is 32.7 Å². The van der Waals surface area contributed by atoms with E-state index in [1.54, 1.807) is 0 Å². The van der Waals surface area contributed by atoms with Crippen LogP contribution in [0, 0.1) is 0 Å². The molecule has 3 rings (SSSR count). The number of benzene rings is 1. The number of hydrogen-bond acceptors (Lipinski definition) is 6. The third kappa shape index (κ3) is 6.27. The van der Waals surface area contributed by atoms with E-state index in [9.17, 15) is 18.0 Å². The second-order valence-corrected chi connectivity index (χ2v) is 8.06. The third-order valence-electron chi connectivity index (χ3n) is 5.31. The molecule has 1 fully saturated rings. The summed E-state index contributed by atoms with van der Waals surface area (Å²) < 4.78 is 44.2.